The molecule has 0 amide bonds. The summed E-state index contributed by atoms with van der Waals surface area (Å²) in [4.78, 5) is 17.0. The zero-order chi connectivity index (χ0) is 19.0. The van der Waals surface area contributed by atoms with Gasteiger partial charge in [0.15, 0.2) is 0 Å². The first kappa shape index (κ1) is 17.5. The van der Waals surface area contributed by atoms with Crippen LogP contribution < -0.4 is 4.40 Å². The van der Waals surface area contributed by atoms with E-state index >= 15 is 0 Å². The number of pyridine rings is 2. The van der Waals surface area contributed by atoms with Gasteiger partial charge in [0, 0.05) is 24.0 Å². The lowest BCUT2D eigenvalue weighted by molar-refractivity contribution is -0.521. The van der Waals surface area contributed by atoms with E-state index < -0.39 is 0 Å². The minimum absolute atomic E-state index is 0.0456. The van der Waals surface area contributed by atoms with Crippen LogP contribution in [0.15, 0.2) is 55.1 Å². The highest BCUT2D eigenvalue weighted by Crippen LogP contribution is 2.21. The number of hydrogen-bond donors (Lipinski definition) is 1. The van der Waals surface area contributed by atoms with Crippen LogP contribution in [0.5, 0.6) is 5.88 Å². The van der Waals surface area contributed by atoms with Crippen molar-refractivity contribution in [3.63, 3.8) is 0 Å². The van der Waals surface area contributed by atoms with Gasteiger partial charge in [0.2, 0.25) is 5.78 Å². The molecule has 1 N–H and O–H groups in total. The third-order valence-electron chi connectivity index (χ3n) is 4.13. The quantitative estimate of drug-likeness (QED) is 0.316. The minimum Gasteiger partial charge on any atom is -0.474 e. The summed E-state index contributed by atoms with van der Waals surface area (Å²) in [6.07, 6.45) is 6.35. The number of ketones is 1. The number of halogens is 2. The molecule has 0 fully saturated rings. The summed E-state index contributed by atoms with van der Waals surface area (Å²) in [6, 6.07) is 8.95. The molecule has 0 radical (unpaired) electrons. The van der Waals surface area contributed by atoms with E-state index in [1.54, 1.807) is 39.7 Å². The number of Topliss-reactive ketones (excluding diaryl/α,β-unsaturated/α-hetero) is 1. The molecule has 0 aliphatic rings. The fraction of sp³-hybridized carbons (Fsp3) is 0.111. The molecule has 4 heterocycles. The van der Waals surface area contributed by atoms with Gasteiger partial charge in [-0.3, -0.25) is 9.48 Å². The number of aromatic hydroxyl groups is 1. The highest BCUT2D eigenvalue weighted by molar-refractivity contribution is 6.30. The first-order valence-corrected chi connectivity index (χ1v) is 8.82. The monoisotopic (exact) mass is 402 g/mol. The van der Waals surface area contributed by atoms with Crippen molar-refractivity contribution in [2.24, 2.45) is 0 Å². The summed E-state index contributed by atoms with van der Waals surface area (Å²) in [6.45, 7) is 0.301. The zero-order valence-electron chi connectivity index (χ0n) is 14.0. The standard InChI is InChI=1S/C18H13Cl2N5O2/c19-13-8-22-23(10-13)11-14(26)17-18(27)24-6-2-1-3-16(24)25(17)9-12-4-5-15(20)21-7-12/h1-8,10H,9,11H2/p+1. The second-order valence-electron chi connectivity index (χ2n) is 5.96. The lowest BCUT2D eigenvalue weighted by Gasteiger charge is -2.03. The number of hydrogen-bond acceptors (Lipinski definition) is 4. The Hall–Kier alpha value is -2.90. The molecule has 136 valence electrons. The highest BCUT2D eigenvalue weighted by atomic mass is 35.5. The summed E-state index contributed by atoms with van der Waals surface area (Å²) < 4.78 is 4.74. The zero-order valence-corrected chi connectivity index (χ0v) is 15.5. The Morgan fingerprint density at radius 3 is 2.74 bits per heavy atom. The third-order valence-corrected chi connectivity index (χ3v) is 4.54. The van der Waals surface area contributed by atoms with Crippen molar-refractivity contribution < 1.29 is 14.3 Å². The van der Waals surface area contributed by atoms with Crippen molar-refractivity contribution in [3.05, 3.63) is 76.6 Å². The van der Waals surface area contributed by atoms with Crippen LogP contribution in [-0.4, -0.2) is 30.2 Å². The van der Waals surface area contributed by atoms with Gasteiger partial charge < -0.3 is 5.11 Å². The first-order valence-electron chi connectivity index (χ1n) is 8.06. The molecule has 0 atom stereocenters. The Balaban J connectivity index is 1.79. The van der Waals surface area contributed by atoms with E-state index in [0.717, 1.165) is 5.56 Å². The number of fused-ring (bicyclic) bond motifs is 1. The molecule has 0 saturated carbocycles. The Labute approximate surface area is 164 Å². The molecule has 7 nitrogen and oxygen atoms in total. The predicted octanol–water partition coefficient (Wildman–Crippen LogP) is 2.76. The van der Waals surface area contributed by atoms with E-state index in [2.05, 4.69) is 10.1 Å². The summed E-state index contributed by atoms with van der Waals surface area (Å²) >= 11 is 11.7. The molecular weight excluding hydrogens is 389 g/mol. The fourth-order valence-electron chi connectivity index (χ4n) is 2.95. The maximum absolute atomic E-state index is 12.9. The van der Waals surface area contributed by atoms with E-state index in [1.165, 1.54) is 10.9 Å². The Morgan fingerprint density at radius 2 is 2.04 bits per heavy atom. The molecule has 0 unspecified atom stereocenters. The van der Waals surface area contributed by atoms with E-state index in [1.807, 2.05) is 18.2 Å². The van der Waals surface area contributed by atoms with Crippen LogP contribution in [0, 0.1) is 0 Å². The summed E-state index contributed by atoms with van der Waals surface area (Å²) in [7, 11) is 0. The summed E-state index contributed by atoms with van der Waals surface area (Å²) in [5, 5.41) is 15.5. The molecule has 9 heteroatoms. The average Bonchev–Trinajstić information content (AvgIpc) is 3.18. The maximum Gasteiger partial charge on any atom is 0.339 e. The SMILES string of the molecule is O=C(Cn1cc(Cl)cn1)c1c(O)[n+]2ccccc2n1Cc1ccc(Cl)nc1. The van der Waals surface area contributed by atoms with E-state index in [9.17, 15) is 9.90 Å². The molecule has 0 saturated heterocycles. The van der Waals surface area contributed by atoms with Crippen LogP contribution in [0.2, 0.25) is 10.2 Å². The number of aromatic nitrogens is 5. The average molecular weight is 403 g/mol. The van der Waals surface area contributed by atoms with Gasteiger partial charge in [-0.2, -0.15) is 9.50 Å². The van der Waals surface area contributed by atoms with Crippen molar-refractivity contribution in [2.45, 2.75) is 13.1 Å². The van der Waals surface area contributed by atoms with Crippen molar-refractivity contribution in [1.29, 1.82) is 0 Å². The van der Waals surface area contributed by atoms with Crippen LogP contribution in [0.4, 0.5) is 0 Å². The molecular formula is C18H14Cl2N5O2+. The highest BCUT2D eigenvalue weighted by Gasteiger charge is 2.31. The van der Waals surface area contributed by atoms with Gasteiger partial charge in [0.1, 0.15) is 18.2 Å². The second kappa shape index (κ2) is 7.02. The van der Waals surface area contributed by atoms with Crippen LogP contribution in [0.25, 0.3) is 5.65 Å². The van der Waals surface area contributed by atoms with Gasteiger partial charge in [-0.1, -0.05) is 35.3 Å². The van der Waals surface area contributed by atoms with E-state index in [4.69, 9.17) is 23.2 Å². The van der Waals surface area contributed by atoms with Gasteiger partial charge in [-0.15, -0.1) is 0 Å². The van der Waals surface area contributed by atoms with E-state index in [0.29, 0.717) is 22.4 Å². The summed E-state index contributed by atoms with van der Waals surface area (Å²) in [5.74, 6) is -0.423. The molecule has 27 heavy (non-hydrogen) atoms. The van der Waals surface area contributed by atoms with Crippen molar-refractivity contribution in [3.8, 4) is 5.88 Å². The lowest BCUT2D eigenvalue weighted by Crippen LogP contribution is -2.19. The van der Waals surface area contributed by atoms with Gasteiger partial charge in [-0.25, -0.2) is 9.55 Å². The smallest absolute Gasteiger partial charge is 0.339 e. The largest absolute Gasteiger partial charge is 0.474 e. The van der Waals surface area contributed by atoms with Crippen LogP contribution >= 0.6 is 23.2 Å². The van der Waals surface area contributed by atoms with Crippen molar-refractivity contribution >= 4 is 34.6 Å². The van der Waals surface area contributed by atoms with Crippen molar-refractivity contribution in [1.82, 2.24) is 19.3 Å². The Morgan fingerprint density at radius 1 is 1.19 bits per heavy atom. The maximum atomic E-state index is 12.9. The number of nitrogens with zero attached hydrogens (tertiary/aromatic N) is 5. The third kappa shape index (κ3) is 3.39. The van der Waals surface area contributed by atoms with E-state index in [-0.39, 0.29) is 23.9 Å². The second-order valence-corrected chi connectivity index (χ2v) is 6.78. The predicted molar refractivity (Wildman–Crippen MR) is 99.2 cm³/mol. The Kier molecular flexibility index (Phi) is 4.55. The molecule has 0 aromatic carbocycles. The van der Waals surface area contributed by atoms with Gasteiger partial charge in [0.25, 0.3) is 11.3 Å². The van der Waals surface area contributed by atoms with Gasteiger partial charge in [0.05, 0.1) is 17.4 Å². The molecule has 4 aromatic heterocycles. The lowest BCUT2D eigenvalue weighted by atomic mass is 10.2. The van der Waals surface area contributed by atoms with Crippen LogP contribution in [-0.2, 0) is 13.1 Å². The van der Waals surface area contributed by atoms with Gasteiger partial charge >= 0.3 is 5.88 Å². The number of rotatable bonds is 5. The molecule has 4 rings (SSSR count). The Bertz CT molecular complexity index is 1130. The van der Waals surface area contributed by atoms with Crippen LogP contribution in [0.3, 0.4) is 0 Å². The topological polar surface area (TPSA) is 77.0 Å². The number of carbonyl (C=O) groups excluding carboxylic acids is 1. The molecule has 0 aliphatic heterocycles. The summed E-state index contributed by atoms with van der Waals surface area (Å²) in [5.41, 5.74) is 1.70. The number of carbonyl (C=O) groups is 1. The van der Waals surface area contributed by atoms with Crippen LogP contribution in [0.1, 0.15) is 16.1 Å². The fourth-order valence-corrected chi connectivity index (χ4v) is 3.22. The molecule has 0 bridgehead atoms. The molecule has 4 aromatic rings. The molecule has 0 spiro atoms. The minimum atomic E-state index is -0.294. The van der Waals surface area contributed by atoms with Gasteiger partial charge in [-0.05, 0) is 12.1 Å². The van der Waals surface area contributed by atoms with Crippen molar-refractivity contribution in [2.75, 3.05) is 0 Å². The first-order chi connectivity index (χ1) is 13.0. The molecule has 0 aliphatic carbocycles. The number of imidazole rings is 1. The normalized spacial score (nSPS) is 11.2.